The van der Waals surface area contributed by atoms with E-state index in [4.69, 9.17) is 9.16 Å². The summed E-state index contributed by atoms with van der Waals surface area (Å²) in [5.74, 6) is -0.896. The van der Waals surface area contributed by atoms with Crippen LogP contribution in [0.5, 0.6) is 0 Å². The summed E-state index contributed by atoms with van der Waals surface area (Å²) in [5.41, 5.74) is -1.03. The number of aliphatic hydroxyl groups excluding tert-OH is 1. The number of benzene rings is 2. The summed E-state index contributed by atoms with van der Waals surface area (Å²) in [5, 5.41) is 11.9. The highest BCUT2D eigenvalue weighted by Crippen LogP contribution is 2.40. The van der Waals surface area contributed by atoms with Gasteiger partial charge in [-0.15, -0.1) is 0 Å². The average molecular weight is 513 g/mol. The largest absolute Gasteiger partial charge is 0.405 e. The van der Waals surface area contributed by atoms with Crippen LogP contribution in [-0.4, -0.2) is 48.5 Å². The van der Waals surface area contributed by atoms with Crippen molar-refractivity contribution in [1.29, 1.82) is 0 Å². The first kappa shape index (κ1) is 26.2. The van der Waals surface area contributed by atoms with Crippen molar-refractivity contribution in [2.75, 3.05) is 13.2 Å². The summed E-state index contributed by atoms with van der Waals surface area (Å²) in [4.78, 5) is 26.4. The predicted octanol–water partition coefficient (Wildman–Crippen LogP) is 2.27. The highest BCUT2D eigenvalue weighted by molar-refractivity contribution is 6.99. The van der Waals surface area contributed by atoms with E-state index in [1.54, 1.807) is 0 Å². The number of nitrogens with one attached hydrogen (secondary N) is 1. The van der Waals surface area contributed by atoms with Gasteiger partial charge in [0.1, 0.15) is 0 Å². The molecule has 192 valence electrons. The molecule has 1 aliphatic rings. The van der Waals surface area contributed by atoms with E-state index in [0.29, 0.717) is 0 Å². The first-order valence-corrected chi connectivity index (χ1v) is 14.0. The van der Waals surface area contributed by atoms with Gasteiger partial charge in [-0.05, 0) is 22.3 Å². The molecular formula is C27H33FN2O5Si. The molecule has 0 spiro atoms. The van der Waals surface area contributed by atoms with E-state index < -0.39 is 50.6 Å². The molecule has 2 unspecified atom stereocenters. The van der Waals surface area contributed by atoms with Gasteiger partial charge in [0.2, 0.25) is 0 Å². The van der Waals surface area contributed by atoms with Crippen LogP contribution in [0.1, 0.15) is 32.6 Å². The van der Waals surface area contributed by atoms with Gasteiger partial charge in [-0.25, -0.2) is 9.18 Å². The Kier molecular flexibility index (Phi) is 7.47. The van der Waals surface area contributed by atoms with Gasteiger partial charge in [0.15, 0.2) is 12.4 Å². The van der Waals surface area contributed by atoms with Crippen molar-refractivity contribution >= 4 is 18.7 Å². The molecule has 7 nitrogen and oxygen atoms in total. The van der Waals surface area contributed by atoms with Crippen molar-refractivity contribution in [2.45, 2.75) is 51.2 Å². The molecule has 0 saturated carbocycles. The van der Waals surface area contributed by atoms with E-state index in [9.17, 15) is 14.7 Å². The average Bonchev–Trinajstić information content (AvgIpc) is 3.17. The smallest absolute Gasteiger partial charge is 0.330 e. The first-order chi connectivity index (χ1) is 17.1. The summed E-state index contributed by atoms with van der Waals surface area (Å²) in [6, 6.07) is 20.1. The van der Waals surface area contributed by atoms with Crippen molar-refractivity contribution in [3.63, 3.8) is 0 Å². The second kappa shape index (κ2) is 10.3. The highest BCUT2D eigenvalue weighted by atomic mass is 28.4. The van der Waals surface area contributed by atoms with Gasteiger partial charge in [-0.2, -0.15) is 0 Å². The van der Waals surface area contributed by atoms with Crippen molar-refractivity contribution in [1.82, 2.24) is 9.55 Å². The number of hydrogen-bond acceptors (Lipinski definition) is 5. The molecule has 4 atom stereocenters. The Labute approximate surface area is 210 Å². The maximum atomic E-state index is 15.5. The second-order valence-electron chi connectivity index (χ2n) is 10.3. The van der Waals surface area contributed by atoms with E-state index in [0.717, 1.165) is 14.9 Å². The van der Waals surface area contributed by atoms with Crippen LogP contribution in [0.15, 0.2) is 76.4 Å². The summed E-state index contributed by atoms with van der Waals surface area (Å²) >= 11 is 0. The number of hydrogen-bond donors (Lipinski definition) is 2. The molecule has 2 aromatic carbocycles. The molecule has 1 saturated heterocycles. The Morgan fingerprint density at radius 3 is 2.11 bits per heavy atom. The normalized spacial score (nSPS) is 22.6. The monoisotopic (exact) mass is 512 g/mol. The third-order valence-corrected chi connectivity index (χ3v) is 12.0. The van der Waals surface area contributed by atoms with E-state index in [1.165, 1.54) is 13.1 Å². The standard InChI is InChI=1S/C27H33FN2O5Si/c1-18-15-30(26(33)29-24(18)32)25-23(28)21(16-31)22(35-25)17-34-36(27(2,3)4,19-11-7-5-8-12-19)20-13-9-6-10-14-20/h5-15,21-23,25,31H,16-17H2,1-4H3,(H,29,32,33)/t21-,22?,23-,25?/m1/s1. The number of alkyl halides is 1. The van der Waals surface area contributed by atoms with Gasteiger partial charge >= 0.3 is 5.69 Å². The number of aromatic amines is 1. The fraction of sp³-hybridized carbons (Fsp3) is 0.407. The zero-order valence-electron chi connectivity index (χ0n) is 21.0. The quantitative estimate of drug-likeness (QED) is 0.474. The maximum Gasteiger partial charge on any atom is 0.330 e. The lowest BCUT2D eigenvalue weighted by Crippen LogP contribution is -2.67. The van der Waals surface area contributed by atoms with Crippen LogP contribution in [0.4, 0.5) is 4.39 Å². The van der Waals surface area contributed by atoms with Crippen molar-refractivity contribution < 1.29 is 18.7 Å². The van der Waals surface area contributed by atoms with Gasteiger partial charge in [-0.3, -0.25) is 14.3 Å². The van der Waals surface area contributed by atoms with Gasteiger partial charge in [-0.1, -0.05) is 81.4 Å². The molecule has 1 fully saturated rings. The third kappa shape index (κ3) is 4.64. The number of aryl methyl sites for hydroxylation is 1. The molecule has 1 aliphatic heterocycles. The van der Waals surface area contributed by atoms with Crippen LogP contribution in [0.3, 0.4) is 0 Å². The first-order valence-electron chi connectivity index (χ1n) is 12.1. The number of rotatable bonds is 7. The SMILES string of the molecule is Cc1cn(C2OC(CO[Si](c3ccccc3)(c3ccccc3)C(C)(C)C)[C@@H](CO)[C@H]2F)c(=O)[nH]c1=O. The van der Waals surface area contributed by atoms with E-state index >= 15 is 4.39 Å². The van der Waals surface area contributed by atoms with Crippen LogP contribution < -0.4 is 21.6 Å². The van der Waals surface area contributed by atoms with Crippen LogP contribution in [0.2, 0.25) is 5.04 Å². The summed E-state index contributed by atoms with van der Waals surface area (Å²) in [6.45, 7) is 7.52. The van der Waals surface area contributed by atoms with E-state index in [2.05, 4.69) is 50.0 Å². The molecular weight excluding hydrogens is 479 g/mol. The Morgan fingerprint density at radius 2 is 1.61 bits per heavy atom. The Hall–Kier alpha value is -2.85. The van der Waals surface area contributed by atoms with Gasteiger partial charge < -0.3 is 14.3 Å². The minimum atomic E-state index is -2.91. The summed E-state index contributed by atoms with van der Waals surface area (Å²) in [7, 11) is -2.91. The van der Waals surface area contributed by atoms with Gasteiger partial charge in [0.25, 0.3) is 13.9 Å². The molecule has 0 amide bonds. The zero-order chi connectivity index (χ0) is 26.1. The maximum absolute atomic E-state index is 15.5. The van der Waals surface area contributed by atoms with Crippen molar-refractivity contribution in [3.8, 4) is 0 Å². The fourth-order valence-corrected chi connectivity index (χ4v) is 9.69. The molecule has 9 heteroatoms. The van der Waals surface area contributed by atoms with E-state index in [-0.39, 0.29) is 17.2 Å². The number of aliphatic hydroxyl groups is 1. The number of H-pyrrole nitrogens is 1. The van der Waals surface area contributed by atoms with Crippen molar-refractivity contribution in [2.24, 2.45) is 5.92 Å². The molecule has 0 radical (unpaired) electrons. The summed E-state index contributed by atoms with van der Waals surface area (Å²) < 4.78 is 29.5. The van der Waals surface area contributed by atoms with Crippen LogP contribution in [0, 0.1) is 12.8 Å². The number of nitrogens with zero attached hydrogens (tertiary/aromatic N) is 1. The Morgan fingerprint density at radius 1 is 1.06 bits per heavy atom. The van der Waals surface area contributed by atoms with Crippen LogP contribution in [0.25, 0.3) is 0 Å². The number of halogens is 1. The Bertz CT molecular complexity index is 1250. The fourth-order valence-electron chi connectivity index (χ4n) is 5.12. The van der Waals surface area contributed by atoms with Crippen LogP contribution >= 0.6 is 0 Å². The lowest BCUT2D eigenvalue weighted by Gasteiger charge is -2.43. The molecule has 3 aromatic rings. The molecule has 2 heterocycles. The highest BCUT2D eigenvalue weighted by Gasteiger charge is 2.52. The molecule has 2 N–H and O–H groups in total. The number of ether oxygens (including phenoxy) is 1. The molecule has 1 aromatic heterocycles. The molecule has 0 aliphatic carbocycles. The van der Waals surface area contributed by atoms with Gasteiger partial charge in [0.05, 0.1) is 19.3 Å². The minimum absolute atomic E-state index is 0.0342. The number of aromatic nitrogens is 2. The molecule has 4 rings (SSSR count). The second-order valence-corrected chi connectivity index (χ2v) is 14.6. The third-order valence-electron chi connectivity index (χ3n) is 6.98. The summed E-state index contributed by atoms with van der Waals surface area (Å²) in [6.07, 6.45) is -2.45. The predicted molar refractivity (Wildman–Crippen MR) is 139 cm³/mol. The zero-order valence-corrected chi connectivity index (χ0v) is 22.0. The van der Waals surface area contributed by atoms with E-state index in [1.807, 2.05) is 36.4 Å². The van der Waals surface area contributed by atoms with Gasteiger partial charge in [0, 0.05) is 17.7 Å². The molecule has 0 bridgehead atoms. The lowest BCUT2D eigenvalue weighted by atomic mass is 10.0. The molecule has 36 heavy (non-hydrogen) atoms. The Balaban J connectivity index is 1.71. The van der Waals surface area contributed by atoms with Crippen molar-refractivity contribution in [3.05, 3.63) is 93.3 Å². The minimum Gasteiger partial charge on any atom is -0.405 e. The van der Waals surface area contributed by atoms with Crippen LogP contribution in [-0.2, 0) is 9.16 Å². The lowest BCUT2D eigenvalue weighted by molar-refractivity contribution is -0.0415. The topological polar surface area (TPSA) is 93.6 Å².